The first-order valence-corrected chi connectivity index (χ1v) is 14.3. The van der Waals surface area contributed by atoms with E-state index in [1.54, 1.807) is 36.0 Å². The van der Waals surface area contributed by atoms with Gasteiger partial charge in [-0.3, -0.25) is 9.59 Å². The third kappa shape index (κ3) is 7.12. The van der Waals surface area contributed by atoms with Crippen molar-refractivity contribution in [1.29, 1.82) is 0 Å². The highest BCUT2D eigenvalue weighted by Gasteiger charge is 2.51. The van der Waals surface area contributed by atoms with Gasteiger partial charge in [0.1, 0.15) is 11.4 Å². The molecule has 41 heavy (non-hydrogen) atoms. The van der Waals surface area contributed by atoms with Gasteiger partial charge in [0.2, 0.25) is 0 Å². The summed E-state index contributed by atoms with van der Waals surface area (Å²) in [5.74, 6) is -2.07. The standard InChI is InChI=1S/C30H45N3O8/c1-19(2)33(21-12-11-13-31(18-21)28(38)41-29(4,5)6)25(34)22-17-23-24(16-20(22)3)40-30(7,27(36)37)26(35)32(23)14-9-10-15-39-8/h16-17,19,21H,9-15,18H2,1-8H3,(H,36,37)/t21-,30?/m1/s1. The molecule has 2 heterocycles. The van der Waals surface area contributed by atoms with E-state index >= 15 is 0 Å². The van der Waals surface area contributed by atoms with E-state index in [0.29, 0.717) is 49.4 Å². The number of piperidine rings is 1. The highest BCUT2D eigenvalue weighted by Crippen LogP contribution is 2.41. The molecule has 0 bridgehead atoms. The van der Waals surface area contributed by atoms with Gasteiger partial charge in [-0.15, -0.1) is 0 Å². The van der Waals surface area contributed by atoms with Crippen molar-refractivity contribution in [3.05, 3.63) is 23.3 Å². The molecule has 3 rings (SSSR count). The zero-order valence-corrected chi connectivity index (χ0v) is 25.6. The number of aryl methyl sites for hydroxylation is 1. The van der Waals surface area contributed by atoms with Crippen LogP contribution in [-0.2, 0) is 19.1 Å². The average molecular weight is 576 g/mol. The van der Waals surface area contributed by atoms with Crippen molar-refractivity contribution in [1.82, 2.24) is 9.80 Å². The number of benzene rings is 1. The summed E-state index contributed by atoms with van der Waals surface area (Å²) in [6, 6.07) is 2.87. The van der Waals surface area contributed by atoms with Gasteiger partial charge in [0.05, 0.1) is 11.7 Å². The summed E-state index contributed by atoms with van der Waals surface area (Å²) in [4.78, 5) is 57.3. The van der Waals surface area contributed by atoms with Crippen molar-refractivity contribution < 1.29 is 38.5 Å². The van der Waals surface area contributed by atoms with Gasteiger partial charge in [-0.1, -0.05) is 0 Å². The van der Waals surface area contributed by atoms with Gasteiger partial charge in [0.15, 0.2) is 0 Å². The minimum atomic E-state index is -2.08. The number of anilines is 1. The van der Waals surface area contributed by atoms with Gasteiger partial charge in [-0.05, 0) is 91.8 Å². The molecule has 0 aliphatic carbocycles. The van der Waals surface area contributed by atoms with Crippen LogP contribution in [0.1, 0.15) is 83.1 Å². The number of amides is 3. The SMILES string of the molecule is COCCCCN1C(=O)C(C)(C(=O)O)Oc2cc(C)c(C(=O)N(C(C)C)[C@@H]3CCCN(C(=O)OC(C)(C)C)C3)cc21. The fraction of sp³-hybridized carbons (Fsp3) is 0.667. The van der Waals surface area contributed by atoms with E-state index in [1.165, 1.54) is 11.8 Å². The van der Waals surface area contributed by atoms with Crippen LogP contribution in [0.4, 0.5) is 10.5 Å². The molecule has 1 saturated heterocycles. The van der Waals surface area contributed by atoms with Crippen molar-refractivity contribution in [3.8, 4) is 5.75 Å². The maximum absolute atomic E-state index is 14.2. The minimum absolute atomic E-state index is 0.167. The van der Waals surface area contributed by atoms with E-state index in [0.717, 1.165) is 12.8 Å². The molecule has 11 nitrogen and oxygen atoms in total. The molecule has 1 N–H and O–H groups in total. The van der Waals surface area contributed by atoms with Crippen LogP contribution in [0.25, 0.3) is 0 Å². The molecular weight excluding hydrogens is 530 g/mol. The molecule has 0 aromatic heterocycles. The molecule has 0 spiro atoms. The van der Waals surface area contributed by atoms with E-state index < -0.39 is 29.2 Å². The Morgan fingerprint density at radius 1 is 1.22 bits per heavy atom. The number of rotatable bonds is 9. The highest BCUT2D eigenvalue weighted by molar-refractivity contribution is 6.15. The fourth-order valence-electron chi connectivity index (χ4n) is 5.33. The lowest BCUT2D eigenvalue weighted by molar-refractivity contribution is -0.161. The van der Waals surface area contributed by atoms with Gasteiger partial charge >= 0.3 is 12.1 Å². The Labute approximate surface area is 242 Å². The second-order valence-corrected chi connectivity index (χ2v) is 12.3. The summed E-state index contributed by atoms with van der Waals surface area (Å²) in [7, 11) is 1.59. The molecule has 11 heteroatoms. The molecule has 0 radical (unpaired) electrons. The molecule has 2 aliphatic rings. The minimum Gasteiger partial charge on any atom is -0.478 e. The van der Waals surface area contributed by atoms with Crippen molar-refractivity contribution in [2.24, 2.45) is 0 Å². The van der Waals surface area contributed by atoms with E-state index in [9.17, 15) is 24.3 Å². The van der Waals surface area contributed by atoms with Crippen LogP contribution in [0.3, 0.4) is 0 Å². The molecule has 2 aliphatic heterocycles. The zero-order valence-electron chi connectivity index (χ0n) is 25.6. The first-order chi connectivity index (χ1) is 19.1. The molecule has 1 aromatic rings. The number of fused-ring (bicyclic) bond motifs is 1. The lowest BCUT2D eigenvalue weighted by Crippen LogP contribution is -2.59. The Bertz CT molecular complexity index is 1160. The molecule has 1 aromatic carbocycles. The number of ether oxygens (including phenoxy) is 3. The maximum Gasteiger partial charge on any atom is 0.410 e. The molecule has 2 atom stereocenters. The molecule has 1 fully saturated rings. The highest BCUT2D eigenvalue weighted by atomic mass is 16.6. The molecular formula is C30H45N3O8. The summed E-state index contributed by atoms with van der Waals surface area (Å²) in [5.41, 5.74) is -1.35. The van der Waals surface area contributed by atoms with Crippen LogP contribution in [0.5, 0.6) is 5.75 Å². The van der Waals surface area contributed by atoms with Crippen molar-refractivity contribution >= 4 is 29.6 Å². The van der Waals surface area contributed by atoms with Crippen LogP contribution in [0.2, 0.25) is 0 Å². The Hall–Kier alpha value is -3.34. The van der Waals surface area contributed by atoms with Gasteiger partial charge in [0.25, 0.3) is 17.4 Å². The smallest absolute Gasteiger partial charge is 0.410 e. The summed E-state index contributed by atoms with van der Waals surface area (Å²) in [5, 5.41) is 9.84. The quantitative estimate of drug-likeness (QED) is 0.342. The number of carbonyl (C=O) groups is 4. The molecule has 1 unspecified atom stereocenters. The number of carboxylic acid groups (broad SMARTS) is 1. The number of carbonyl (C=O) groups excluding carboxylic acids is 3. The van der Waals surface area contributed by atoms with Crippen LogP contribution in [0, 0.1) is 6.92 Å². The number of likely N-dealkylation sites (tertiary alicyclic amines) is 1. The second kappa shape index (κ2) is 12.7. The summed E-state index contributed by atoms with van der Waals surface area (Å²) in [6.45, 7) is 14.0. The summed E-state index contributed by atoms with van der Waals surface area (Å²) >= 11 is 0. The number of carboxylic acids is 1. The topological polar surface area (TPSA) is 126 Å². The second-order valence-electron chi connectivity index (χ2n) is 12.3. The summed E-state index contributed by atoms with van der Waals surface area (Å²) < 4.78 is 16.5. The number of aliphatic carboxylic acids is 1. The van der Waals surface area contributed by atoms with Crippen LogP contribution < -0.4 is 9.64 Å². The average Bonchev–Trinajstić information content (AvgIpc) is 2.87. The van der Waals surface area contributed by atoms with Crippen LogP contribution in [-0.4, -0.2) is 95.4 Å². The Morgan fingerprint density at radius 2 is 1.90 bits per heavy atom. The van der Waals surface area contributed by atoms with Crippen LogP contribution in [0.15, 0.2) is 12.1 Å². The maximum atomic E-state index is 14.2. The number of hydrogen-bond donors (Lipinski definition) is 1. The third-order valence-corrected chi connectivity index (χ3v) is 7.42. The van der Waals surface area contributed by atoms with Crippen LogP contribution >= 0.6 is 0 Å². The van der Waals surface area contributed by atoms with Crippen molar-refractivity contribution in [3.63, 3.8) is 0 Å². The van der Waals surface area contributed by atoms with Gasteiger partial charge in [-0.2, -0.15) is 0 Å². The van der Waals surface area contributed by atoms with Crippen molar-refractivity contribution in [2.45, 2.75) is 97.4 Å². The third-order valence-electron chi connectivity index (χ3n) is 7.42. The van der Waals surface area contributed by atoms with Gasteiger partial charge in [-0.25, -0.2) is 9.59 Å². The first-order valence-electron chi connectivity index (χ1n) is 14.3. The largest absolute Gasteiger partial charge is 0.478 e. The normalized spacial score (nSPS) is 20.9. The summed E-state index contributed by atoms with van der Waals surface area (Å²) in [6.07, 6.45) is 2.32. The Balaban J connectivity index is 1.96. The molecule has 228 valence electrons. The lowest BCUT2D eigenvalue weighted by Gasteiger charge is -2.42. The lowest BCUT2D eigenvalue weighted by atomic mass is 9.96. The van der Waals surface area contributed by atoms with E-state index in [2.05, 4.69) is 0 Å². The van der Waals surface area contributed by atoms with Gasteiger partial charge < -0.3 is 34.0 Å². The van der Waals surface area contributed by atoms with Gasteiger partial charge in [0, 0.05) is 45.0 Å². The Morgan fingerprint density at radius 3 is 2.49 bits per heavy atom. The Kier molecular flexibility index (Phi) is 9.94. The number of methoxy groups -OCH3 is 1. The predicted octanol–water partition coefficient (Wildman–Crippen LogP) is 4.24. The fourth-order valence-corrected chi connectivity index (χ4v) is 5.33. The molecule has 0 saturated carbocycles. The van der Waals surface area contributed by atoms with E-state index in [4.69, 9.17) is 14.2 Å². The number of nitrogens with zero attached hydrogens (tertiary/aromatic N) is 3. The van der Waals surface area contributed by atoms with E-state index in [1.807, 2.05) is 34.6 Å². The van der Waals surface area contributed by atoms with E-state index in [-0.39, 0.29) is 30.3 Å². The zero-order chi connectivity index (χ0) is 30.7. The molecule has 3 amide bonds. The predicted molar refractivity (Wildman–Crippen MR) is 153 cm³/mol. The number of unbranched alkanes of at least 4 members (excludes halogenated alkanes) is 1. The van der Waals surface area contributed by atoms with Crippen molar-refractivity contribution in [2.75, 3.05) is 38.3 Å². The first kappa shape index (κ1) is 32.2. The number of hydrogen-bond acceptors (Lipinski definition) is 7. The monoisotopic (exact) mass is 575 g/mol.